The summed E-state index contributed by atoms with van der Waals surface area (Å²) in [5.74, 6) is 0.996. The first-order valence-electron chi connectivity index (χ1n) is 9.18. The third kappa shape index (κ3) is 3.88. The lowest BCUT2D eigenvalue weighted by atomic mass is 9.93. The largest absolute Gasteiger partial charge is 0.344 e. The Labute approximate surface area is 160 Å². The third-order valence-corrected chi connectivity index (χ3v) is 6.03. The highest BCUT2D eigenvalue weighted by atomic mass is 32.2. The van der Waals surface area contributed by atoms with Gasteiger partial charge in [-0.25, -0.2) is 4.99 Å². The lowest BCUT2D eigenvalue weighted by Crippen LogP contribution is -2.20. The minimum absolute atomic E-state index is 0.852. The zero-order valence-corrected chi connectivity index (χ0v) is 17.0. The molecule has 138 valence electrons. The van der Waals surface area contributed by atoms with Crippen molar-refractivity contribution in [3.05, 3.63) is 58.1 Å². The van der Waals surface area contributed by atoms with E-state index in [1.807, 2.05) is 36.6 Å². The highest BCUT2D eigenvalue weighted by Gasteiger charge is 2.26. The fourth-order valence-electron chi connectivity index (χ4n) is 3.43. The van der Waals surface area contributed by atoms with E-state index in [1.165, 1.54) is 34.5 Å². The number of aliphatic imine (C=N–C) groups is 1. The molecule has 1 aromatic rings. The molecule has 0 spiro atoms. The number of aryl methyl sites for hydroxylation is 1. The Kier molecular flexibility index (Phi) is 5.87. The molecule has 2 aliphatic rings. The predicted octanol–water partition coefficient (Wildman–Crippen LogP) is 5.19. The SMILES string of the molecule is C=C(NC1=NC2=C(\c3cnn(C)c3)CCCC/C(SC)=C\2C1)/C(C)=C/C. The summed E-state index contributed by atoms with van der Waals surface area (Å²) in [6, 6.07) is 0. The Morgan fingerprint density at radius 3 is 2.73 bits per heavy atom. The highest BCUT2D eigenvalue weighted by molar-refractivity contribution is 8.02. The van der Waals surface area contributed by atoms with Crippen molar-refractivity contribution in [3.63, 3.8) is 0 Å². The summed E-state index contributed by atoms with van der Waals surface area (Å²) in [4.78, 5) is 6.49. The second kappa shape index (κ2) is 8.12. The van der Waals surface area contributed by atoms with Crippen molar-refractivity contribution < 1.29 is 0 Å². The summed E-state index contributed by atoms with van der Waals surface area (Å²) in [6.07, 6.45) is 13.8. The maximum Gasteiger partial charge on any atom is 0.111 e. The standard InChI is InChI=1S/C21H28N4S/c1-6-14(2)15(3)23-20-11-18-19(26-5)10-8-7-9-17(21(18)24-20)16-12-22-25(4)13-16/h6,12-13H,3,7-11H2,1-2,4-5H3,(H,23,24)/b14-6+,19-18+,21-17-. The van der Waals surface area contributed by atoms with Crippen LogP contribution in [0.1, 0.15) is 51.5 Å². The molecule has 0 atom stereocenters. The van der Waals surface area contributed by atoms with Gasteiger partial charge >= 0.3 is 0 Å². The molecule has 5 heteroatoms. The molecular weight excluding hydrogens is 340 g/mol. The number of hydrogen-bond donors (Lipinski definition) is 1. The van der Waals surface area contributed by atoms with Crippen molar-refractivity contribution >= 4 is 23.2 Å². The van der Waals surface area contributed by atoms with Gasteiger partial charge < -0.3 is 5.32 Å². The van der Waals surface area contributed by atoms with Crippen molar-refractivity contribution in [2.75, 3.05) is 6.26 Å². The van der Waals surface area contributed by atoms with E-state index in [0.717, 1.165) is 42.1 Å². The summed E-state index contributed by atoms with van der Waals surface area (Å²) in [6.45, 7) is 8.25. The summed E-state index contributed by atoms with van der Waals surface area (Å²) >= 11 is 1.87. The summed E-state index contributed by atoms with van der Waals surface area (Å²) in [5.41, 5.74) is 7.12. The Morgan fingerprint density at radius 2 is 2.08 bits per heavy atom. The molecule has 0 saturated carbocycles. The fourth-order valence-corrected chi connectivity index (χ4v) is 4.20. The molecule has 4 nitrogen and oxygen atoms in total. The highest BCUT2D eigenvalue weighted by Crippen LogP contribution is 2.41. The van der Waals surface area contributed by atoms with E-state index in [4.69, 9.17) is 4.99 Å². The topological polar surface area (TPSA) is 42.2 Å². The van der Waals surface area contributed by atoms with Gasteiger partial charge in [-0.15, -0.1) is 11.8 Å². The summed E-state index contributed by atoms with van der Waals surface area (Å²) < 4.78 is 1.87. The average Bonchev–Trinajstić information content (AvgIpc) is 3.22. The molecule has 0 unspecified atom stereocenters. The second-order valence-corrected chi connectivity index (χ2v) is 7.75. The van der Waals surface area contributed by atoms with Crippen LogP contribution < -0.4 is 5.32 Å². The maximum absolute atomic E-state index is 5.02. The average molecular weight is 369 g/mol. The van der Waals surface area contributed by atoms with Crippen molar-refractivity contribution in [2.24, 2.45) is 12.0 Å². The van der Waals surface area contributed by atoms with Crippen LogP contribution in [0.5, 0.6) is 0 Å². The third-order valence-electron chi connectivity index (χ3n) is 5.08. The molecule has 0 amide bonds. The molecule has 0 radical (unpaired) electrons. The molecule has 1 aromatic heterocycles. The molecule has 1 aliphatic carbocycles. The number of aromatic nitrogens is 2. The number of amidine groups is 1. The Bertz CT molecular complexity index is 836. The first-order valence-corrected chi connectivity index (χ1v) is 10.4. The van der Waals surface area contributed by atoms with Crippen molar-refractivity contribution in [1.29, 1.82) is 0 Å². The molecule has 3 rings (SSSR count). The van der Waals surface area contributed by atoms with Gasteiger partial charge in [0.25, 0.3) is 0 Å². The number of nitrogens with one attached hydrogen (secondary N) is 1. The van der Waals surface area contributed by atoms with Crippen molar-refractivity contribution in [1.82, 2.24) is 15.1 Å². The Morgan fingerprint density at radius 1 is 1.31 bits per heavy atom. The van der Waals surface area contributed by atoms with Gasteiger partial charge in [-0.05, 0) is 67.4 Å². The van der Waals surface area contributed by atoms with Crippen LogP contribution in [-0.2, 0) is 7.05 Å². The van der Waals surface area contributed by atoms with Crippen LogP contribution in [0.15, 0.2) is 57.5 Å². The molecule has 1 N–H and O–H groups in total. The molecule has 0 aromatic carbocycles. The fraction of sp³-hybridized carbons (Fsp3) is 0.429. The van der Waals surface area contributed by atoms with Crippen LogP contribution >= 0.6 is 11.8 Å². The van der Waals surface area contributed by atoms with E-state index in [-0.39, 0.29) is 0 Å². The molecule has 0 saturated heterocycles. The van der Waals surface area contributed by atoms with Crippen LogP contribution in [0.4, 0.5) is 0 Å². The summed E-state index contributed by atoms with van der Waals surface area (Å²) in [5, 5.41) is 7.81. The molecule has 1 aliphatic heterocycles. The second-order valence-electron chi connectivity index (χ2n) is 6.85. The van der Waals surface area contributed by atoms with E-state index in [9.17, 15) is 0 Å². The number of nitrogens with zero attached hydrogens (tertiary/aromatic N) is 3. The number of thioether (sulfide) groups is 1. The quantitative estimate of drug-likeness (QED) is 0.743. The first kappa shape index (κ1) is 18.8. The zero-order valence-electron chi connectivity index (χ0n) is 16.2. The van der Waals surface area contributed by atoms with Crippen LogP contribution in [0, 0.1) is 0 Å². The van der Waals surface area contributed by atoms with E-state index < -0.39 is 0 Å². The Balaban J connectivity index is 2.06. The number of fused-ring (bicyclic) bond motifs is 1. The normalized spacial score (nSPS) is 24.0. The van der Waals surface area contributed by atoms with Crippen LogP contribution in [0.2, 0.25) is 0 Å². The molecule has 0 fully saturated rings. The van der Waals surface area contributed by atoms with Crippen LogP contribution in [0.25, 0.3) is 5.57 Å². The van der Waals surface area contributed by atoms with Crippen LogP contribution in [0.3, 0.4) is 0 Å². The van der Waals surface area contributed by atoms with Crippen LogP contribution in [-0.4, -0.2) is 21.9 Å². The number of hydrogen-bond acceptors (Lipinski definition) is 4. The van der Waals surface area contributed by atoms with Gasteiger partial charge in [0.15, 0.2) is 0 Å². The van der Waals surface area contributed by atoms with E-state index >= 15 is 0 Å². The van der Waals surface area contributed by atoms with Gasteiger partial charge in [0.1, 0.15) is 5.84 Å². The first-order chi connectivity index (χ1) is 12.5. The van der Waals surface area contributed by atoms with Crippen molar-refractivity contribution in [2.45, 2.75) is 46.0 Å². The monoisotopic (exact) mass is 368 g/mol. The van der Waals surface area contributed by atoms with Gasteiger partial charge in [0, 0.05) is 30.9 Å². The van der Waals surface area contributed by atoms with Gasteiger partial charge in [-0.1, -0.05) is 12.7 Å². The van der Waals surface area contributed by atoms with Crippen molar-refractivity contribution in [3.8, 4) is 0 Å². The van der Waals surface area contributed by atoms with E-state index in [0.29, 0.717) is 0 Å². The number of allylic oxidation sites excluding steroid dienone is 5. The van der Waals surface area contributed by atoms with E-state index in [1.54, 1.807) is 0 Å². The van der Waals surface area contributed by atoms with Gasteiger partial charge in [0.2, 0.25) is 0 Å². The minimum atomic E-state index is 0.852. The molecule has 26 heavy (non-hydrogen) atoms. The smallest absolute Gasteiger partial charge is 0.111 e. The summed E-state index contributed by atoms with van der Waals surface area (Å²) in [7, 11) is 1.97. The maximum atomic E-state index is 5.02. The Hall–Kier alpha value is -2.01. The molecular formula is C21H28N4S. The lowest BCUT2D eigenvalue weighted by Gasteiger charge is -2.17. The minimum Gasteiger partial charge on any atom is -0.344 e. The predicted molar refractivity (Wildman–Crippen MR) is 113 cm³/mol. The van der Waals surface area contributed by atoms with Gasteiger partial charge in [-0.2, -0.15) is 5.10 Å². The molecule has 2 heterocycles. The number of rotatable bonds is 4. The lowest BCUT2D eigenvalue weighted by molar-refractivity contribution is 0.752. The van der Waals surface area contributed by atoms with Gasteiger partial charge in [-0.3, -0.25) is 4.68 Å². The zero-order chi connectivity index (χ0) is 18.7. The molecule has 0 bridgehead atoms. The van der Waals surface area contributed by atoms with E-state index in [2.05, 4.69) is 42.4 Å². The van der Waals surface area contributed by atoms with Gasteiger partial charge in [0.05, 0.1) is 11.9 Å².